The standard InChI is InChI=1S/C25H34F3N5O2Si/c1-17-10-22(35-15-24(2,3)4)31-11-18(17)19-12-30-20(13-29-19)23-32-21(25(26,27)28)14-33(23)16-34-8-9-36(5,6)7/h10-14H,8-9,15-16H2,1-7H3. The van der Waals surface area contributed by atoms with Crippen molar-refractivity contribution >= 4 is 8.07 Å². The van der Waals surface area contributed by atoms with Crippen molar-refractivity contribution in [3.05, 3.63) is 42.1 Å². The number of aromatic nitrogens is 5. The minimum Gasteiger partial charge on any atom is -0.477 e. The van der Waals surface area contributed by atoms with Gasteiger partial charge < -0.3 is 14.0 Å². The third kappa shape index (κ3) is 7.86. The number of hydrogen-bond acceptors (Lipinski definition) is 6. The summed E-state index contributed by atoms with van der Waals surface area (Å²) in [4.78, 5) is 16.9. The van der Waals surface area contributed by atoms with Gasteiger partial charge in [-0.1, -0.05) is 40.4 Å². The molecular formula is C25H34F3N5O2Si. The maximum Gasteiger partial charge on any atom is 0.434 e. The highest BCUT2D eigenvalue weighted by Crippen LogP contribution is 2.31. The lowest BCUT2D eigenvalue weighted by Gasteiger charge is -2.18. The molecule has 0 spiro atoms. The minimum atomic E-state index is -4.58. The van der Waals surface area contributed by atoms with E-state index in [1.807, 2.05) is 13.0 Å². The first-order valence-corrected chi connectivity index (χ1v) is 15.5. The zero-order chi connectivity index (χ0) is 26.7. The fraction of sp³-hybridized carbons (Fsp3) is 0.520. The Bertz CT molecular complexity index is 1170. The first-order valence-electron chi connectivity index (χ1n) is 11.8. The molecule has 0 aliphatic heterocycles. The van der Waals surface area contributed by atoms with E-state index in [-0.39, 0.29) is 23.7 Å². The Balaban J connectivity index is 1.81. The number of imidazole rings is 1. The smallest absolute Gasteiger partial charge is 0.434 e. The zero-order valence-corrected chi connectivity index (χ0v) is 22.9. The lowest BCUT2D eigenvalue weighted by atomic mass is 9.99. The number of pyridine rings is 1. The number of aryl methyl sites for hydroxylation is 1. The summed E-state index contributed by atoms with van der Waals surface area (Å²) in [6.07, 6.45) is 0.953. The van der Waals surface area contributed by atoms with Crippen molar-refractivity contribution < 1.29 is 22.6 Å². The van der Waals surface area contributed by atoms with Crippen molar-refractivity contribution in [2.75, 3.05) is 13.2 Å². The van der Waals surface area contributed by atoms with E-state index in [1.54, 1.807) is 6.20 Å². The van der Waals surface area contributed by atoms with E-state index in [0.29, 0.717) is 24.8 Å². The topological polar surface area (TPSA) is 75.0 Å². The highest BCUT2D eigenvalue weighted by Gasteiger charge is 2.35. The van der Waals surface area contributed by atoms with Gasteiger partial charge in [-0.05, 0) is 23.9 Å². The molecular weight excluding hydrogens is 487 g/mol. The van der Waals surface area contributed by atoms with Crippen molar-refractivity contribution in [3.63, 3.8) is 0 Å². The van der Waals surface area contributed by atoms with Crippen molar-refractivity contribution in [2.24, 2.45) is 5.41 Å². The fourth-order valence-electron chi connectivity index (χ4n) is 3.15. The molecule has 0 saturated heterocycles. The lowest BCUT2D eigenvalue weighted by molar-refractivity contribution is -0.141. The summed E-state index contributed by atoms with van der Waals surface area (Å²) < 4.78 is 52.8. The fourth-order valence-corrected chi connectivity index (χ4v) is 3.90. The summed E-state index contributed by atoms with van der Waals surface area (Å²) in [7, 11) is -1.32. The largest absolute Gasteiger partial charge is 0.477 e. The first kappa shape index (κ1) is 27.8. The Morgan fingerprint density at radius 1 is 0.972 bits per heavy atom. The molecule has 3 rings (SSSR count). The Morgan fingerprint density at radius 2 is 1.64 bits per heavy atom. The molecule has 3 aromatic heterocycles. The molecule has 0 fully saturated rings. The summed E-state index contributed by atoms with van der Waals surface area (Å²) in [5.41, 5.74) is 1.43. The van der Waals surface area contributed by atoms with Gasteiger partial charge in [0, 0.05) is 38.7 Å². The van der Waals surface area contributed by atoms with Crippen LogP contribution in [-0.4, -0.2) is 45.8 Å². The molecule has 0 bridgehead atoms. The summed E-state index contributed by atoms with van der Waals surface area (Å²) in [6.45, 7) is 15.7. The second-order valence-electron chi connectivity index (χ2n) is 11.2. The van der Waals surface area contributed by atoms with Gasteiger partial charge in [-0.15, -0.1) is 0 Å². The van der Waals surface area contributed by atoms with Crippen LogP contribution in [0.2, 0.25) is 25.7 Å². The van der Waals surface area contributed by atoms with Gasteiger partial charge in [0.15, 0.2) is 11.5 Å². The van der Waals surface area contributed by atoms with E-state index >= 15 is 0 Å². The molecule has 0 saturated carbocycles. The molecule has 3 aromatic rings. The third-order valence-corrected chi connectivity index (χ3v) is 6.89. The molecule has 0 unspecified atom stereocenters. The summed E-state index contributed by atoms with van der Waals surface area (Å²) in [6, 6.07) is 2.74. The SMILES string of the molecule is Cc1cc(OCC(C)(C)C)ncc1-c1cnc(-c2nc(C(F)(F)F)cn2COCC[Si](C)(C)C)cn1. The van der Waals surface area contributed by atoms with Crippen LogP contribution in [0.1, 0.15) is 32.0 Å². The molecule has 36 heavy (non-hydrogen) atoms. The van der Waals surface area contributed by atoms with Gasteiger partial charge in [0.25, 0.3) is 0 Å². The van der Waals surface area contributed by atoms with Crippen LogP contribution in [0.3, 0.4) is 0 Å². The Labute approximate surface area is 211 Å². The van der Waals surface area contributed by atoms with Crippen molar-refractivity contribution in [1.29, 1.82) is 0 Å². The maximum atomic E-state index is 13.4. The van der Waals surface area contributed by atoms with E-state index in [1.165, 1.54) is 17.0 Å². The van der Waals surface area contributed by atoms with Crippen LogP contribution in [0, 0.1) is 12.3 Å². The van der Waals surface area contributed by atoms with Crippen LogP contribution in [0.5, 0.6) is 5.88 Å². The van der Waals surface area contributed by atoms with Crippen LogP contribution < -0.4 is 4.74 Å². The second-order valence-corrected chi connectivity index (χ2v) is 16.9. The summed E-state index contributed by atoms with van der Waals surface area (Å²) in [5, 5.41) is 0. The molecule has 7 nitrogen and oxygen atoms in total. The van der Waals surface area contributed by atoms with Crippen molar-refractivity contribution in [1.82, 2.24) is 24.5 Å². The van der Waals surface area contributed by atoms with Gasteiger partial charge in [0.2, 0.25) is 5.88 Å². The number of alkyl halides is 3. The maximum absolute atomic E-state index is 13.4. The Hall–Kier alpha value is -2.79. The lowest BCUT2D eigenvalue weighted by Crippen LogP contribution is -2.22. The van der Waals surface area contributed by atoms with Crippen LogP contribution >= 0.6 is 0 Å². The molecule has 11 heteroatoms. The molecule has 3 heterocycles. The number of nitrogens with zero attached hydrogens (tertiary/aromatic N) is 5. The Morgan fingerprint density at radius 3 is 2.19 bits per heavy atom. The van der Waals surface area contributed by atoms with Crippen molar-refractivity contribution in [2.45, 2.75) is 66.3 Å². The monoisotopic (exact) mass is 521 g/mol. The normalized spacial score (nSPS) is 12.7. The van der Waals surface area contributed by atoms with Gasteiger partial charge in [-0.3, -0.25) is 4.98 Å². The van der Waals surface area contributed by atoms with Crippen LogP contribution in [-0.2, 0) is 17.6 Å². The number of rotatable bonds is 9. The van der Waals surface area contributed by atoms with Crippen LogP contribution in [0.4, 0.5) is 13.2 Å². The highest BCUT2D eigenvalue weighted by atomic mass is 28.3. The summed E-state index contributed by atoms with van der Waals surface area (Å²) in [5.74, 6) is 0.571. The molecule has 0 aliphatic rings. The van der Waals surface area contributed by atoms with Gasteiger partial charge in [-0.2, -0.15) is 13.2 Å². The summed E-state index contributed by atoms with van der Waals surface area (Å²) >= 11 is 0. The van der Waals surface area contributed by atoms with E-state index < -0.39 is 19.9 Å². The zero-order valence-electron chi connectivity index (χ0n) is 21.9. The van der Waals surface area contributed by atoms with E-state index in [0.717, 1.165) is 23.4 Å². The van der Waals surface area contributed by atoms with E-state index in [4.69, 9.17) is 9.47 Å². The molecule has 0 N–H and O–H groups in total. The van der Waals surface area contributed by atoms with Crippen LogP contribution in [0.15, 0.2) is 30.9 Å². The molecule has 0 aromatic carbocycles. The van der Waals surface area contributed by atoms with Gasteiger partial charge in [0.1, 0.15) is 12.4 Å². The molecule has 0 radical (unpaired) electrons. The average molecular weight is 522 g/mol. The van der Waals surface area contributed by atoms with E-state index in [9.17, 15) is 13.2 Å². The average Bonchev–Trinajstić information content (AvgIpc) is 3.19. The molecule has 0 atom stereocenters. The number of ether oxygens (including phenoxy) is 2. The molecule has 196 valence electrons. The van der Waals surface area contributed by atoms with Crippen LogP contribution in [0.25, 0.3) is 22.8 Å². The van der Waals surface area contributed by atoms with E-state index in [2.05, 4.69) is 60.3 Å². The highest BCUT2D eigenvalue weighted by molar-refractivity contribution is 6.76. The van der Waals surface area contributed by atoms with Gasteiger partial charge in [0.05, 0.1) is 24.7 Å². The minimum absolute atomic E-state index is 0.00655. The van der Waals surface area contributed by atoms with Crippen molar-refractivity contribution in [3.8, 4) is 28.7 Å². The third-order valence-electron chi connectivity index (χ3n) is 5.19. The quantitative estimate of drug-likeness (QED) is 0.237. The van der Waals surface area contributed by atoms with Gasteiger partial charge in [-0.25, -0.2) is 15.0 Å². The Kier molecular flexibility index (Phi) is 8.24. The van der Waals surface area contributed by atoms with Gasteiger partial charge >= 0.3 is 6.18 Å². The molecule has 0 amide bonds. The predicted octanol–water partition coefficient (Wildman–Crippen LogP) is 6.47. The predicted molar refractivity (Wildman–Crippen MR) is 135 cm³/mol. The second kappa shape index (κ2) is 10.7. The number of hydrogen-bond donors (Lipinski definition) is 0. The number of halogens is 3. The molecule has 0 aliphatic carbocycles. The first-order chi connectivity index (χ1) is 16.6.